The number of benzene rings is 1. The Kier molecular flexibility index (Phi) is 3.62. The standard InChI is InChI=1S/C13H18NO/c1-11-4-6-13(7-5-11)15-10-8-12-3-2-9-14-12/h4-7,12,14H,1-3,8-10H2. The SMILES string of the molecule is [CH2]c1ccc(OCCC2CCCN2)cc1. The third kappa shape index (κ3) is 3.24. The predicted molar refractivity (Wildman–Crippen MR) is 62.0 cm³/mol. The lowest BCUT2D eigenvalue weighted by Gasteiger charge is -2.11. The zero-order valence-corrected chi connectivity index (χ0v) is 9.04. The summed E-state index contributed by atoms with van der Waals surface area (Å²) in [6.45, 7) is 5.81. The Morgan fingerprint density at radius 3 is 2.80 bits per heavy atom. The van der Waals surface area contributed by atoms with Crippen LogP contribution in [0.2, 0.25) is 0 Å². The van der Waals surface area contributed by atoms with Crippen LogP contribution in [0.15, 0.2) is 24.3 Å². The van der Waals surface area contributed by atoms with Gasteiger partial charge in [-0.25, -0.2) is 0 Å². The van der Waals surface area contributed by atoms with E-state index in [-0.39, 0.29) is 0 Å². The van der Waals surface area contributed by atoms with Gasteiger partial charge in [0.2, 0.25) is 0 Å². The molecule has 2 rings (SSSR count). The van der Waals surface area contributed by atoms with Crippen molar-refractivity contribution in [3.63, 3.8) is 0 Å². The van der Waals surface area contributed by atoms with Crippen molar-refractivity contribution in [1.82, 2.24) is 5.32 Å². The minimum Gasteiger partial charge on any atom is -0.494 e. The van der Waals surface area contributed by atoms with E-state index in [1.165, 1.54) is 19.4 Å². The van der Waals surface area contributed by atoms with Crippen LogP contribution >= 0.6 is 0 Å². The normalized spacial score (nSPS) is 20.5. The number of hydrogen-bond donors (Lipinski definition) is 1. The molecule has 1 N–H and O–H groups in total. The average Bonchev–Trinajstić information content (AvgIpc) is 2.74. The molecule has 1 unspecified atom stereocenters. The van der Waals surface area contributed by atoms with Crippen LogP contribution in [-0.4, -0.2) is 19.2 Å². The third-order valence-electron chi connectivity index (χ3n) is 2.82. The summed E-state index contributed by atoms with van der Waals surface area (Å²) in [5, 5.41) is 3.46. The number of ether oxygens (including phenoxy) is 1. The van der Waals surface area contributed by atoms with E-state index in [0.717, 1.165) is 24.3 Å². The second-order valence-corrected chi connectivity index (χ2v) is 4.07. The number of nitrogens with one attached hydrogen (secondary N) is 1. The summed E-state index contributed by atoms with van der Waals surface area (Å²) in [5.74, 6) is 0.945. The first kappa shape index (κ1) is 10.5. The van der Waals surface area contributed by atoms with E-state index < -0.39 is 0 Å². The van der Waals surface area contributed by atoms with Crippen LogP contribution in [0, 0.1) is 6.92 Å². The Morgan fingerprint density at radius 2 is 2.13 bits per heavy atom. The van der Waals surface area contributed by atoms with Crippen molar-refractivity contribution >= 4 is 0 Å². The minimum atomic E-state index is 0.664. The fourth-order valence-electron chi connectivity index (χ4n) is 1.91. The molecule has 1 atom stereocenters. The highest BCUT2D eigenvalue weighted by Gasteiger charge is 2.13. The molecule has 0 aromatic heterocycles. The minimum absolute atomic E-state index is 0.664. The van der Waals surface area contributed by atoms with Gasteiger partial charge >= 0.3 is 0 Å². The second kappa shape index (κ2) is 5.17. The van der Waals surface area contributed by atoms with Crippen LogP contribution in [-0.2, 0) is 0 Å². The lowest BCUT2D eigenvalue weighted by Crippen LogP contribution is -2.23. The van der Waals surface area contributed by atoms with Crippen LogP contribution in [0.4, 0.5) is 0 Å². The highest BCUT2D eigenvalue weighted by molar-refractivity contribution is 5.28. The van der Waals surface area contributed by atoms with Gasteiger partial charge < -0.3 is 10.1 Å². The molecular formula is C13H18NO. The van der Waals surface area contributed by atoms with Crippen molar-refractivity contribution in [1.29, 1.82) is 0 Å². The maximum atomic E-state index is 5.66. The highest BCUT2D eigenvalue weighted by Crippen LogP contribution is 2.13. The summed E-state index contributed by atoms with van der Waals surface area (Å²) in [5.41, 5.74) is 1.03. The van der Waals surface area contributed by atoms with Crippen LogP contribution in [0.3, 0.4) is 0 Å². The third-order valence-corrected chi connectivity index (χ3v) is 2.82. The quantitative estimate of drug-likeness (QED) is 0.813. The van der Waals surface area contributed by atoms with Crippen molar-refractivity contribution in [3.8, 4) is 5.75 Å². The largest absolute Gasteiger partial charge is 0.494 e. The monoisotopic (exact) mass is 204 g/mol. The second-order valence-electron chi connectivity index (χ2n) is 4.07. The van der Waals surface area contributed by atoms with E-state index in [4.69, 9.17) is 4.74 Å². The molecule has 1 aliphatic rings. The zero-order chi connectivity index (χ0) is 10.5. The average molecular weight is 204 g/mol. The van der Waals surface area contributed by atoms with Gasteiger partial charge in [0, 0.05) is 6.04 Å². The molecule has 2 nitrogen and oxygen atoms in total. The van der Waals surface area contributed by atoms with Crippen molar-refractivity contribution in [2.45, 2.75) is 25.3 Å². The topological polar surface area (TPSA) is 21.3 Å². The molecule has 81 valence electrons. The smallest absolute Gasteiger partial charge is 0.119 e. The van der Waals surface area contributed by atoms with Crippen LogP contribution < -0.4 is 10.1 Å². The van der Waals surface area contributed by atoms with E-state index in [0.29, 0.717) is 6.04 Å². The number of rotatable bonds is 4. The first-order chi connectivity index (χ1) is 7.34. The molecule has 0 spiro atoms. The summed E-state index contributed by atoms with van der Waals surface area (Å²) in [4.78, 5) is 0. The Bertz CT molecular complexity index is 288. The van der Waals surface area contributed by atoms with Gasteiger partial charge in [-0.1, -0.05) is 12.1 Å². The van der Waals surface area contributed by atoms with Crippen molar-refractivity contribution < 1.29 is 4.74 Å². The molecule has 1 aromatic rings. The maximum Gasteiger partial charge on any atom is 0.119 e. The molecule has 0 bridgehead atoms. The molecule has 15 heavy (non-hydrogen) atoms. The molecule has 1 saturated heterocycles. The summed E-state index contributed by atoms with van der Waals surface area (Å²) in [7, 11) is 0. The van der Waals surface area contributed by atoms with Gasteiger partial charge in [0.1, 0.15) is 5.75 Å². The van der Waals surface area contributed by atoms with Gasteiger partial charge in [-0.3, -0.25) is 0 Å². The van der Waals surface area contributed by atoms with Crippen molar-refractivity contribution in [2.75, 3.05) is 13.2 Å². The molecule has 1 radical (unpaired) electrons. The van der Waals surface area contributed by atoms with E-state index in [1.807, 2.05) is 24.3 Å². The van der Waals surface area contributed by atoms with Crippen LogP contribution in [0.1, 0.15) is 24.8 Å². The van der Waals surface area contributed by atoms with Gasteiger partial charge in [0.25, 0.3) is 0 Å². The summed E-state index contributed by atoms with van der Waals surface area (Å²) < 4.78 is 5.66. The Balaban J connectivity index is 1.71. The van der Waals surface area contributed by atoms with E-state index >= 15 is 0 Å². The molecule has 1 aromatic carbocycles. The molecule has 1 aliphatic heterocycles. The first-order valence-corrected chi connectivity index (χ1v) is 5.63. The molecule has 2 heteroatoms. The Labute approximate surface area is 91.6 Å². The van der Waals surface area contributed by atoms with Gasteiger partial charge in [0.05, 0.1) is 6.61 Å². The summed E-state index contributed by atoms with van der Waals surface area (Å²) in [6.07, 6.45) is 3.70. The van der Waals surface area contributed by atoms with Gasteiger partial charge in [0.15, 0.2) is 0 Å². The van der Waals surface area contributed by atoms with Crippen molar-refractivity contribution in [2.24, 2.45) is 0 Å². The Morgan fingerprint density at radius 1 is 1.33 bits per heavy atom. The molecule has 0 saturated carbocycles. The highest BCUT2D eigenvalue weighted by atomic mass is 16.5. The maximum absolute atomic E-state index is 5.66. The van der Waals surface area contributed by atoms with Crippen molar-refractivity contribution in [3.05, 3.63) is 36.8 Å². The fourth-order valence-corrected chi connectivity index (χ4v) is 1.91. The molecule has 1 heterocycles. The lowest BCUT2D eigenvalue weighted by atomic mass is 10.2. The molecule has 1 fully saturated rings. The Hall–Kier alpha value is -1.02. The van der Waals surface area contributed by atoms with E-state index in [9.17, 15) is 0 Å². The lowest BCUT2D eigenvalue weighted by molar-refractivity contribution is 0.292. The molecule has 0 aliphatic carbocycles. The predicted octanol–water partition coefficient (Wildman–Crippen LogP) is 2.39. The van der Waals surface area contributed by atoms with Gasteiger partial charge in [-0.05, 0) is 50.4 Å². The summed E-state index contributed by atoms with van der Waals surface area (Å²) >= 11 is 0. The van der Waals surface area contributed by atoms with Gasteiger partial charge in [-0.2, -0.15) is 0 Å². The number of hydrogen-bond acceptors (Lipinski definition) is 2. The molecular weight excluding hydrogens is 186 g/mol. The van der Waals surface area contributed by atoms with E-state index in [1.54, 1.807) is 0 Å². The van der Waals surface area contributed by atoms with Crippen LogP contribution in [0.25, 0.3) is 0 Å². The zero-order valence-electron chi connectivity index (χ0n) is 9.04. The van der Waals surface area contributed by atoms with E-state index in [2.05, 4.69) is 12.2 Å². The van der Waals surface area contributed by atoms with Crippen LogP contribution in [0.5, 0.6) is 5.75 Å². The molecule has 0 amide bonds. The first-order valence-electron chi connectivity index (χ1n) is 5.63. The summed E-state index contributed by atoms with van der Waals surface area (Å²) in [6, 6.07) is 8.57. The van der Waals surface area contributed by atoms with Gasteiger partial charge in [-0.15, -0.1) is 0 Å². The fraction of sp³-hybridized carbons (Fsp3) is 0.462.